The molecule has 0 fully saturated rings. The highest BCUT2D eigenvalue weighted by Crippen LogP contribution is 2.20. The summed E-state index contributed by atoms with van der Waals surface area (Å²) in [5.74, 6) is 2.16. The van der Waals surface area contributed by atoms with E-state index in [9.17, 15) is 0 Å². The first-order valence-electron chi connectivity index (χ1n) is 4.46. The van der Waals surface area contributed by atoms with Crippen LogP contribution in [-0.4, -0.2) is 18.1 Å². The van der Waals surface area contributed by atoms with Crippen molar-refractivity contribution in [2.45, 2.75) is 6.54 Å². The maximum Gasteiger partial charge on any atom is 0.0931 e. The summed E-state index contributed by atoms with van der Waals surface area (Å²) in [7, 11) is 0. The van der Waals surface area contributed by atoms with Crippen LogP contribution in [0.15, 0.2) is 24.8 Å². The van der Waals surface area contributed by atoms with Gasteiger partial charge in [-0.1, -0.05) is 17.7 Å². The fraction of sp³-hybridized carbons (Fsp3) is 0.400. The van der Waals surface area contributed by atoms with Crippen LogP contribution in [0, 0.1) is 0 Å². The first-order chi connectivity index (χ1) is 6.83. The van der Waals surface area contributed by atoms with Gasteiger partial charge in [0.2, 0.25) is 0 Å². The average Bonchev–Trinajstić information content (AvgIpc) is 2.58. The topological polar surface area (TPSA) is 12.0 Å². The summed E-state index contributed by atoms with van der Waals surface area (Å²) in [6.45, 7) is 5.63. The highest BCUT2D eigenvalue weighted by molar-refractivity contribution is 7.99. The molecule has 1 aromatic heterocycles. The van der Waals surface area contributed by atoms with Gasteiger partial charge in [0.05, 0.1) is 4.34 Å². The summed E-state index contributed by atoms with van der Waals surface area (Å²) in [4.78, 5) is 1.30. The van der Waals surface area contributed by atoms with E-state index in [0.717, 1.165) is 28.9 Å². The van der Waals surface area contributed by atoms with Gasteiger partial charge < -0.3 is 5.32 Å². The average molecular weight is 248 g/mol. The van der Waals surface area contributed by atoms with Crippen molar-refractivity contribution < 1.29 is 0 Å². The van der Waals surface area contributed by atoms with Crippen LogP contribution in [0.1, 0.15) is 4.88 Å². The van der Waals surface area contributed by atoms with Gasteiger partial charge in [-0.05, 0) is 12.1 Å². The van der Waals surface area contributed by atoms with Crippen molar-refractivity contribution in [3.8, 4) is 0 Å². The molecule has 0 saturated heterocycles. The van der Waals surface area contributed by atoms with E-state index in [0.29, 0.717) is 0 Å². The molecule has 14 heavy (non-hydrogen) atoms. The molecule has 1 rings (SSSR count). The second kappa shape index (κ2) is 7.35. The van der Waals surface area contributed by atoms with E-state index in [1.807, 2.05) is 23.9 Å². The highest BCUT2D eigenvalue weighted by atomic mass is 35.5. The fourth-order valence-electron chi connectivity index (χ4n) is 0.969. The van der Waals surface area contributed by atoms with Gasteiger partial charge in [0.1, 0.15) is 0 Å². The minimum absolute atomic E-state index is 0.864. The molecule has 1 heterocycles. The van der Waals surface area contributed by atoms with Crippen LogP contribution in [0.3, 0.4) is 0 Å². The Hall–Kier alpha value is 0.0400. The highest BCUT2D eigenvalue weighted by Gasteiger charge is 1.96. The summed E-state index contributed by atoms with van der Waals surface area (Å²) in [6.07, 6.45) is 1.93. The Labute approximate surface area is 98.5 Å². The first kappa shape index (κ1) is 12.1. The van der Waals surface area contributed by atoms with Crippen molar-refractivity contribution in [3.63, 3.8) is 0 Å². The molecular weight excluding hydrogens is 234 g/mol. The number of rotatable bonds is 7. The van der Waals surface area contributed by atoms with E-state index in [2.05, 4.69) is 18.0 Å². The molecule has 0 amide bonds. The smallest absolute Gasteiger partial charge is 0.0931 e. The summed E-state index contributed by atoms with van der Waals surface area (Å²) < 4.78 is 0.864. The molecule has 0 spiro atoms. The quantitative estimate of drug-likeness (QED) is 0.586. The third-order valence-corrected chi connectivity index (χ3v) is 3.78. The molecule has 0 radical (unpaired) electrons. The molecule has 0 aliphatic carbocycles. The normalized spacial score (nSPS) is 10.4. The van der Waals surface area contributed by atoms with Gasteiger partial charge in [-0.25, -0.2) is 0 Å². The standard InChI is InChI=1S/C10H14ClNS2/c1-2-6-13-7-5-12-8-9-3-4-10(11)14-9/h2-4,12H,1,5-8H2. The van der Waals surface area contributed by atoms with Crippen molar-refractivity contribution >= 4 is 34.7 Å². The second-order valence-electron chi connectivity index (χ2n) is 2.75. The number of thioether (sulfide) groups is 1. The van der Waals surface area contributed by atoms with Gasteiger partial charge in [-0.15, -0.1) is 17.9 Å². The van der Waals surface area contributed by atoms with Gasteiger partial charge in [-0.2, -0.15) is 11.8 Å². The van der Waals surface area contributed by atoms with E-state index in [1.54, 1.807) is 11.3 Å². The number of nitrogens with one attached hydrogen (secondary N) is 1. The molecule has 0 aliphatic rings. The van der Waals surface area contributed by atoms with Crippen LogP contribution in [0.5, 0.6) is 0 Å². The molecule has 78 valence electrons. The van der Waals surface area contributed by atoms with E-state index >= 15 is 0 Å². The lowest BCUT2D eigenvalue weighted by molar-refractivity contribution is 0.741. The summed E-state index contributed by atoms with van der Waals surface area (Å²) in [5, 5.41) is 3.37. The van der Waals surface area contributed by atoms with Crippen LogP contribution in [0.2, 0.25) is 4.34 Å². The zero-order valence-electron chi connectivity index (χ0n) is 7.96. The number of halogens is 1. The van der Waals surface area contributed by atoms with Gasteiger partial charge >= 0.3 is 0 Å². The zero-order chi connectivity index (χ0) is 10.2. The van der Waals surface area contributed by atoms with E-state index in [1.165, 1.54) is 4.88 Å². The minimum atomic E-state index is 0.864. The number of hydrogen-bond acceptors (Lipinski definition) is 3. The molecule has 0 saturated carbocycles. The maximum atomic E-state index is 5.82. The Morgan fingerprint density at radius 3 is 3.07 bits per heavy atom. The van der Waals surface area contributed by atoms with Crippen LogP contribution in [0.4, 0.5) is 0 Å². The number of hydrogen-bond donors (Lipinski definition) is 1. The van der Waals surface area contributed by atoms with Crippen molar-refractivity contribution in [2.75, 3.05) is 18.1 Å². The van der Waals surface area contributed by atoms with Gasteiger partial charge in [-0.3, -0.25) is 0 Å². The first-order valence-corrected chi connectivity index (χ1v) is 6.81. The summed E-state index contributed by atoms with van der Waals surface area (Å²) in [5.41, 5.74) is 0. The van der Waals surface area contributed by atoms with Gasteiger partial charge in [0.25, 0.3) is 0 Å². The van der Waals surface area contributed by atoms with Crippen LogP contribution >= 0.6 is 34.7 Å². The molecule has 0 aliphatic heterocycles. The molecule has 1 N–H and O–H groups in total. The third-order valence-electron chi connectivity index (χ3n) is 1.59. The maximum absolute atomic E-state index is 5.82. The summed E-state index contributed by atoms with van der Waals surface area (Å²) in [6, 6.07) is 4.01. The van der Waals surface area contributed by atoms with Crippen LogP contribution in [-0.2, 0) is 6.54 Å². The third kappa shape index (κ3) is 5.05. The Kier molecular flexibility index (Phi) is 6.36. The van der Waals surface area contributed by atoms with Gasteiger partial charge in [0.15, 0.2) is 0 Å². The van der Waals surface area contributed by atoms with Crippen molar-refractivity contribution in [2.24, 2.45) is 0 Å². The Bertz CT molecular complexity index is 273. The summed E-state index contributed by atoms with van der Waals surface area (Å²) >= 11 is 9.34. The van der Waals surface area contributed by atoms with E-state index in [-0.39, 0.29) is 0 Å². The van der Waals surface area contributed by atoms with Crippen molar-refractivity contribution in [1.82, 2.24) is 5.32 Å². The fourth-order valence-corrected chi connectivity index (χ4v) is 2.65. The molecule has 0 unspecified atom stereocenters. The second-order valence-corrected chi connectivity index (χ2v) is 5.70. The lowest BCUT2D eigenvalue weighted by Gasteiger charge is -2.01. The molecule has 1 nitrogen and oxygen atoms in total. The Morgan fingerprint density at radius 2 is 2.43 bits per heavy atom. The molecule has 4 heteroatoms. The van der Waals surface area contributed by atoms with Crippen LogP contribution < -0.4 is 5.32 Å². The Morgan fingerprint density at radius 1 is 1.57 bits per heavy atom. The van der Waals surface area contributed by atoms with Crippen molar-refractivity contribution in [1.29, 1.82) is 0 Å². The van der Waals surface area contributed by atoms with Gasteiger partial charge in [0, 0.05) is 29.5 Å². The largest absolute Gasteiger partial charge is 0.311 e. The van der Waals surface area contributed by atoms with E-state index < -0.39 is 0 Å². The molecular formula is C10H14ClNS2. The predicted octanol–water partition coefficient (Wildman–Crippen LogP) is 3.41. The lowest BCUT2D eigenvalue weighted by atomic mass is 10.4. The van der Waals surface area contributed by atoms with Crippen molar-refractivity contribution in [3.05, 3.63) is 34.0 Å². The Balaban J connectivity index is 2.01. The lowest BCUT2D eigenvalue weighted by Crippen LogP contribution is -2.15. The monoisotopic (exact) mass is 247 g/mol. The molecule has 0 atom stereocenters. The molecule has 0 bridgehead atoms. The predicted molar refractivity (Wildman–Crippen MR) is 68.6 cm³/mol. The zero-order valence-corrected chi connectivity index (χ0v) is 10.4. The molecule has 1 aromatic rings. The molecule has 0 aromatic carbocycles. The SMILES string of the molecule is C=CCSCCNCc1ccc(Cl)s1. The van der Waals surface area contributed by atoms with Crippen LogP contribution in [0.25, 0.3) is 0 Å². The van der Waals surface area contributed by atoms with E-state index in [4.69, 9.17) is 11.6 Å². The minimum Gasteiger partial charge on any atom is -0.311 e. The number of thiophene rings is 1.